The highest BCUT2D eigenvalue weighted by Crippen LogP contribution is 2.60. The molecule has 0 heterocycles. The van der Waals surface area contributed by atoms with Crippen molar-refractivity contribution in [3.8, 4) is 0 Å². The molecule has 19 heavy (non-hydrogen) atoms. The second kappa shape index (κ2) is 4.09. The first kappa shape index (κ1) is 12.0. The zero-order chi connectivity index (χ0) is 13.0. The Bertz CT molecular complexity index is 481. The van der Waals surface area contributed by atoms with Crippen molar-refractivity contribution in [3.63, 3.8) is 0 Å². The van der Waals surface area contributed by atoms with Crippen LogP contribution in [0.1, 0.15) is 54.4 Å². The minimum atomic E-state index is -0.350. The first-order valence-electron chi connectivity index (χ1n) is 7.45. The largest absolute Gasteiger partial charge is 0.276 e. The van der Waals surface area contributed by atoms with Crippen molar-refractivity contribution in [2.75, 3.05) is 0 Å². The summed E-state index contributed by atoms with van der Waals surface area (Å²) in [7, 11) is 0. The molecule has 0 N–H and O–H groups in total. The molecule has 4 fully saturated rings. The van der Waals surface area contributed by atoms with Crippen molar-refractivity contribution < 1.29 is 4.79 Å². The first-order chi connectivity index (χ1) is 9.14. The molecule has 1 nitrogen and oxygen atoms in total. The Hall–Kier alpha value is -0.820. The van der Waals surface area contributed by atoms with Gasteiger partial charge in [-0.25, -0.2) is 0 Å². The van der Waals surface area contributed by atoms with E-state index in [2.05, 4.69) is 12.1 Å². The molecule has 0 amide bonds. The molecule has 100 valence electrons. The predicted octanol–water partition coefficient (Wildman–Crippen LogP) is 4.53. The molecule has 0 aromatic heterocycles. The fraction of sp³-hybridized carbons (Fsp3) is 0.588. The highest BCUT2D eigenvalue weighted by molar-refractivity contribution is 6.67. The van der Waals surface area contributed by atoms with Crippen LogP contribution in [0.4, 0.5) is 0 Å². The van der Waals surface area contributed by atoms with E-state index in [9.17, 15) is 4.79 Å². The van der Waals surface area contributed by atoms with Crippen LogP contribution >= 0.6 is 11.6 Å². The Balaban J connectivity index is 1.69. The molecule has 2 heteroatoms. The molecule has 0 radical (unpaired) electrons. The molecule has 1 aromatic carbocycles. The topological polar surface area (TPSA) is 17.1 Å². The molecule has 1 aromatic rings. The average molecular weight is 275 g/mol. The maximum absolute atomic E-state index is 11.2. The molecular formula is C17H19ClO. The molecule has 0 unspecified atom stereocenters. The van der Waals surface area contributed by atoms with E-state index in [0.29, 0.717) is 11.0 Å². The molecular weight excluding hydrogens is 256 g/mol. The smallest absolute Gasteiger partial charge is 0.252 e. The van der Waals surface area contributed by atoms with Crippen molar-refractivity contribution in [2.45, 2.75) is 43.9 Å². The summed E-state index contributed by atoms with van der Waals surface area (Å²) >= 11 is 5.54. The van der Waals surface area contributed by atoms with Gasteiger partial charge in [0.05, 0.1) is 0 Å². The van der Waals surface area contributed by atoms with E-state index in [-0.39, 0.29) is 5.24 Å². The summed E-state index contributed by atoms with van der Waals surface area (Å²) in [5.41, 5.74) is 2.49. The summed E-state index contributed by atoms with van der Waals surface area (Å²) in [5.74, 6) is 2.88. The van der Waals surface area contributed by atoms with E-state index >= 15 is 0 Å². The van der Waals surface area contributed by atoms with Gasteiger partial charge in [0.25, 0.3) is 5.24 Å². The monoisotopic (exact) mass is 274 g/mol. The number of halogens is 1. The standard InChI is InChI=1S/C17H19ClO/c18-16(19)14-1-3-15(4-2-14)17-8-11-5-12(9-17)7-13(6-11)10-17/h1-4,11-13H,5-10H2. The van der Waals surface area contributed by atoms with E-state index in [4.69, 9.17) is 11.6 Å². The fourth-order valence-electron chi connectivity index (χ4n) is 5.42. The maximum atomic E-state index is 11.2. The van der Waals surface area contributed by atoms with Crippen molar-refractivity contribution in [1.29, 1.82) is 0 Å². The molecule has 5 rings (SSSR count). The Labute approximate surface area is 119 Å². The van der Waals surface area contributed by atoms with Gasteiger partial charge < -0.3 is 0 Å². The van der Waals surface area contributed by atoms with E-state index < -0.39 is 0 Å². The Kier molecular flexibility index (Phi) is 2.57. The van der Waals surface area contributed by atoms with Crippen LogP contribution < -0.4 is 0 Å². The third kappa shape index (κ3) is 1.86. The lowest BCUT2D eigenvalue weighted by Crippen LogP contribution is -2.48. The van der Waals surface area contributed by atoms with Gasteiger partial charge in [-0.1, -0.05) is 12.1 Å². The first-order valence-corrected chi connectivity index (χ1v) is 7.83. The molecule has 0 aliphatic heterocycles. The minimum absolute atomic E-state index is 0.350. The summed E-state index contributed by atoms with van der Waals surface area (Å²) in [5, 5.41) is -0.350. The quantitative estimate of drug-likeness (QED) is 0.724. The second-order valence-corrected chi connectivity index (χ2v) is 7.39. The molecule has 4 saturated carbocycles. The highest BCUT2D eigenvalue weighted by Gasteiger charge is 2.51. The summed E-state index contributed by atoms with van der Waals surface area (Å²) in [4.78, 5) is 11.2. The van der Waals surface area contributed by atoms with Crippen LogP contribution in [-0.2, 0) is 5.41 Å². The molecule has 0 saturated heterocycles. The highest BCUT2D eigenvalue weighted by atomic mass is 35.5. The SMILES string of the molecule is O=C(Cl)c1ccc(C23CC4CC(CC(C4)C2)C3)cc1. The summed E-state index contributed by atoms with van der Waals surface area (Å²) in [6, 6.07) is 8.12. The van der Waals surface area contributed by atoms with Crippen LogP contribution in [-0.4, -0.2) is 5.24 Å². The molecule has 0 spiro atoms. The maximum Gasteiger partial charge on any atom is 0.252 e. The number of carbonyl (C=O) groups excluding carboxylic acids is 1. The number of hydrogen-bond acceptors (Lipinski definition) is 1. The van der Waals surface area contributed by atoms with Gasteiger partial charge in [-0.3, -0.25) is 4.79 Å². The Morgan fingerprint density at radius 1 is 0.947 bits per heavy atom. The summed E-state index contributed by atoms with van der Waals surface area (Å²) in [6.45, 7) is 0. The average Bonchev–Trinajstić information content (AvgIpc) is 2.37. The van der Waals surface area contributed by atoms with Gasteiger partial charge in [0.15, 0.2) is 0 Å². The predicted molar refractivity (Wildman–Crippen MR) is 76.5 cm³/mol. The number of rotatable bonds is 2. The summed E-state index contributed by atoms with van der Waals surface area (Å²) in [6.07, 6.45) is 8.51. The van der Waals surface area contributed by atoms with Crippen molar-refractivity contribution in [2.24, 2.45) is 17.8 Å². The normalized spacial score (nSPS) is 39.5. The van der Waals surface area contributed by atoms with Gasteiger partial charge in [0.1, 0.15) is 0 Å². The third-order valence-electron chi connectivity index (χ3n) is 5.76. The zero-order valence-corrected chi connectivity index (χ0v) is 11.8. The van der Waals surface area contributed by atoms with Crippen LogP contribution in [0.2, 0.25) is 0 Å². The molecule has 0 atom stereocenters. The van der Waals surface area contributed by atoms with Gasteiger partial charge in [0, 0.05) is 5.56 Å². The lowest BCUT2D eigenvalue weighted by Gasteiger charge is -2.57. The van der Waals surface area contributed by atoms with Gasteiger partial charge >= 0.3 is 0 Å². The van der Waals surface area contributed by atoms with Crippen LogP contribution in [0, 0.1) is 17.8 Å². The number of carbonyl (C=O) groups is 1. The van der Waals surface area contributed by atoms with Crippen LogP contribution in [0.5, 0.6) is 0 Å². The fourth-order valence-corrected chi connectivity index (χ4v) is 5.55. The third-order valence-corrected chi connectivity index (χ3v) is 5.98. The Morgan fingerprint density at radius 2 is 1.42 bits per heavy atom. The molecule has 4 aliphatic carbocycles. The van der Waals surface area contributed by atoms with Gasteiger partial charge in [-0.15, -0.1) is 0 Å². The molecule has 4 bridgehead atoms. The Morgan fingerprint density at radius 3 is 1.84 bits per heavy atom. The van der Waals surface area contributed by atoms with Gasteiger partial charge in [-0.2, -0.15) is 0 Å². The lowest BCUT2D eigenvalue weighted by molar-refractivity contribution is -0.00519. The van der Waals surface area contributed by atoms with Crippen molar-refractivity contribution in [3.05, 3.63) is 35.4 Å². The molecule has 4 aliphatic rings. The minimum Gasteiger partial charge on any atom is -0.276 e. The zero-order valence-electron chi connectivity index (χ0n) is 11.1. The van der Waals surface area contributed by atoms with Gasteiger partial charge in [-0.05, 0) is 91.0 Å². The van der Waals surface area contributed by atoms with E-state index in [1.54, 1.807) is 0 Å². The van der Waals surface area contributed by atoms with Crippen LogP contribution in [0.3, 0.4) is 0 Å². The number of benzene rings is 1. The van der Waals surface area contributed by atoms with Gasteiger partial charge in [0.2, 0.25) is 0 Å². The van der Waals surface area contributed by atoms with Crippen molar-refractivity contribution >= 4 is 16.8 Å². The van der Waals surface area contributed by atoms with E-state index in [0.717, 1.165) is 17.8 Å². The van der Waals surface area contributed by atoms with E-state index in [1.165, 1.54) is 44.1 Å². The van der Waals surface area contributed by atoms with Crippen LogP contribution in [0.15, 0.2) is 24.3 Å². The van der Waals surface area contributed by atoms with Crippen LogP contribution in [0.25, 0.3) is 0 Å². The second-order valence-electron chi connectivity index (χ2n) is 7.05. The number of hydrogen-bond donors (Lipinski definition) is 0. The van der Waals surface area contributed by atoms with E-state index in [1.807, 2.05) is 12.1 Å². The van der Waals surface area contributed by atoms with Crippen molar-refractivity contribution in [1.82, 2.24) is 0 Å². The lowest BCUT2D eigenvalue weighted by atomic mass is 9.48. The summed E-state index contributed by atoms with van der Waals surface area (Å²) < 4.78 is 0.